The molecule has 0 saturated carbocycles. The van der Waals surface area contributed by atoms with Crippen LogP contribution in [-0.2, 0) is 32.9 Å². The molecule has 5 N–H and O–H groups in total. The van der Waals surface area contributed by atoms with Gasteiger partial charge in [0.15, 0.2) is 12.4 Å². The van der Waals surface area contributed by atoms with Crippen LogP contribution < -0.4 is 21.6 Å². The van der Waals surface area contributed by atoms with Crippen molar-refractivity contribution in [2.24, 2.45) is 5.11 Å². The summed E-state index contributed by atoms with van der Waals surface area (Å²) in [7, 11) is -4.51. The summed E-state index contributed by atoms with van der Waals surface area (Å²) < 4.78 is 51.1. The van der Waals surface area contributed by atoms with Crippen molar-refractivity contribution in [2.45, 2.75) is 90.1 Å². The lowest BCUT2D eigenvalue weighted by Crippen LogP contribution is -2.46. The molecule has 1 aliphatic rings. The number of aliphatic hydroxyl groups excluding tert-OH is 1. The number of halogens is 1. The molecule has 17 nitrogen and oxygen atoms in total. The Morgan fingerprint density at radius 2 is 1.77 bits per heavy atom. The third-order valence-corrected chi connectivity index (χ3v) is 7.23. The van der Waals surface area contributed by atoms with E-state index in [4.69, 9.17) is 30.0 Å². The molecule has 0 aliphatic carbocycles. The summed E-state index contributed by atoms with van der Waals surface area (Å²) >= 11 is 0. The Hall–Kier alpha value is -3.11. The van der Waals surface area contributed by atoms with Crippen molar-refractivity contribution in [3.8, 4) is 0 Å². The molecule has 0 amide bonds. The first kappa shape index (κ1) is 33.1. The molecule has 6 atom stereocenters. The molecule has 1 saturated heterocycles. The number of esters is 2. The molecule has 0 bridgehead atoms. The molecule has 0 radical (unpaired) electrons. The Bertz CT molecular complexity index is 1190. The largest absolute Gasteiger partial charge is 0.462 e. The molecule has 19 heteroatoms. The van der Waals surface area contributed by atoms with Crippen molar-refractivity contribution in [3.63, 3.8) is 0 Å². The van der Waals surface area contributed by atoms with Gasteiger partial charge in [-0.2, -0.15) is 4.98 Å². The molecular formula is C21H34FN8O9P. The van der Waals surface area contributed by atoms with E-state index in [0.717, 1.165) is 6.20 Å². The Balaban J connectivity index is 2.39. The van der Waals surface area contributed by atoms with Crippen molar-refractivity contribution in [1.82, 2.24) is 19.7 Å². The number of anilines is 1. The maximum Gasteiger partial charge on any atom is 0.351 e. The molecule has 1 fully saturated rings. The van der Waals surface area contributed by atoms with Crippen LogP contribution in [0.1, 0.15) is 47.8 Å². The van der Waals surface area contributed by atoms with E-state index in [2.05, 4.69) is 25.2 Å². The molecule has 40 heavy (non-hydrogen) atoms. The van der Waals surface area contributed by atoms with Gasteiger partial charge in [-0.15, -0.1) is 0 Å². The zero-order chi connectivity index (χ0) is 30.4. The summed E-state index contributed by atoms with van der Waals surface area (Å²) in [4.78, 5) is 43.0. The average molecular weight is 593 g/mol. The Kier molecular flexibility index (Phi) is 11.2. The summed E-state index contributed by atoms with van der Waals surface area (Å²) in [6.45, 7) is 7.85. The van der Waals surface area contributed by atoms with Gasteiger partial charge in [-0.3, -0.25) is 18.7 Å². The van der Waals surface area contributed by atoms with Crippen molar-refractivity contribution in [2.75, 3.05) is 12.3 Å². The van der Waals surface area contributed by atoms with E-state index >= 15 is 4.39 Å². The van der Waals surface area contributed by atoms with Gasteiger partial charge in [0, 0.05) is 11.1 Å². The van der Waals surface area contributed by atoms with Gasteiger partial charge in [0.05, 0.1) is 18.8 Å². The van der Waals surface area contributed by atoms with Gasteiger partial charge >= 0.3 is 25.3 Å². The highest BCUT2D eigenvalue weighted by Crippen LogP contribution is 2.45. The number of nitrogens with zero attached hydrogens (tertiary/aromatic N) is 5. The standard InChI is InChI=1S/C21H34FN8O9P/c1-10(2)37-18(32)12(5)26-40(35,27-13(6)19(33)38-11(3)4)36-9-21(28-29-24)16(22)15(31)17(39-21)30-8-7-14(23)25-20(30)34/h7-8,10-13,15-17,31H,9H2,1-6H3,(H2,23,25,34)(H2,26,27,35)/t12-,13-,15+,16-,17+,21+/m0/s1. The molecule has 1 aromatic heterocycles. The van der Waals surface area contributed by atoms with E-state index in [9.17, 15) is 24.1 Å². The topological polar surface area (TPSA) is 242 Å². The summed E-state index contributed by atoms with van der Waals surface area (Å²) in [6.07, 6.45) is -6.26. The van der Waals surface area contributed by atoms with E-state index in [0.29, 0.717) is 4.57 Å². The average Bonchev–Trinajstić information content (AvgIpc) is 3.07. The lowest BCUT2D eigenvalue weighted by atomic mass is 10.1. The molecule has 2 heterocycles. The first-order valence-corrected chi connectivity index (χ1v) is 13.8. The molecule has 1 aliphatic heterocycles. The van der Waals surface area contributed by atoms with Crippen LogP contribution in [0.4, 0.5) is 10.2 Å². The summed E-state index contributed by atoms with van der Waals surface area (Å²) in [5.74, 6) is -1.80. The quantitative estimate of drug-likeness (QED) is 0.0823. The smallest absolute Gasteiger partial charge is 0.351 e. The Morgan fingerprint density at radius 3 is 2.23 bits per heavy atom. The zero-order valence-corrected chi connectivity index (χ0v) is 23.6. The lowest BCUT2D eigenvalue weighted by molar-refractivity contribution is -0.149. The SMILES string of the molecule is CC(C)OC(=O)[C@H](C)NP(=O)(N[C@@H](C)C(=O)OC(C)C)OC[C@@]1(N=[N+]=[N-])O[C@@H](n2ccc(N)nc2=O)[C@H](O)[C@@H]1F. The number of ether oxygens (including phenoxy) is 3. The van der Waals surface area contributed by atoms with E-state index in [1.165, 1.54) is 19.9 Å². The second kappa shape index (κ2) is 13.5. The van der Waals surface area contributed by atoms with E-state index in [1.807, 2.05) is 0 Å². The fourth-order valence-electron chi connectivity index (χ4n) is 3.47. The van der Waals surface area contributed by atoms with Gasteiger partial charge < -0.3 is 29.6 Å². The van der Waals surface area contributed by atoms with Crippen LogP contribution in [0.15, 0.2) is 22.2 Å². The normalized spacial score (nSPS) is 24.4. The lowest BCUT2D eigenvalue weighted by Gasteiger charge is -2.30. The fourth-order valence-corrected chi connectivity index (χ4v) is 5.29. The highest BCUT2D eigenvalue weighted by molar-refractivity contribution is 7.54. The first-order valence-electron chi connectivity index (χ1n) is 12.2. The molecular weight excluding hydrogens is 558 g/mol. The minimum absolute atomic E-state index is 0.150. The maximum absolute atomic E-state index is 15.5. The number of aliphatic hydroxyl groups is 1. The van der Waals surface area contributed by atoms with Gasteiger partial charge in [0.1, 0.15) is 24.0 Å². The Morgan fingerprint density at radius 1 is 1.25 bits per heavy atom. The number of nitrogen functional groups attached to an aromatic ring is 1. The number of nitrogens with one attached hydrogen (secondary N) is 2. The van der Waals surface area contributed by atoms with Crippen LogP contribution in [-0.4, -0.2) is 75.5 Å². The van der Waals surface area contributed by atoms with Crippen molar-refractivity contribution < 1.29 is 42.4 Å². The van der Waals surface area contributed by atoms with E-state index < -0.39 is 80.4 Å². The van der Waals surface area contributed by atoms with Gasteiger partial charge in [0.2, 0.25) is 5.72 Å². The van der Waals surface area contributed by atoms with Crippen LogP contribution in [0, 0.1) is 0 Å². The highest BCUT2D eigenvalue weighted by Gasteiger charge is 2.57. The van der Waals surface area contributed by atoms with Crippen molar-refractivity contribution in [1.29, 1.82) is 0 Å². The zero-order valence-electron chi connectivity index (χ0n) is 22.8. The monoisotopic (exact) mass is 592 g/mol. The number of carbonyl (C=O) groups excluding carboxylic acids is 2. The Labute approximate surface area is 228 Å². The summed E-state index contributed by atoms with van der Waals surface area (Å²) in [5.41, 5.74) is 10.9. The number of hydrogen-bond donors (Lipinski definition) is 4. The van der Waals surface area contributed by atoms with Gasteiger partial charge in [-0.05, 0) is 53.1 Å². The predicted octanol–water partition coefficient (Wildman–Crippen LogP) is 1.04. The third kappa shape index (κ3) is 8.20. The second-order valence-electron chi connectivity index (χ2n) is 9.48. The van der Waals surface area contributed by atoms with Crippen LogP contribution in [0.2, 0.25) is 0 Å². The van der Waals surface area contributed by atoms with Crippen LogP contribution in [0.5, 0.6) is 0 Å². The van der Waals surface area contributed by atoms with Gasteiger partial charge in [-0.1, -0.05) is 5.11 Å². The highest BCUT2D eigenvalue weighted by atomic mass is 31.2. The minimum Gasteiger partial charge on any atom is -0.462 e. The molecule has 0 spiro atoms. The molecule has 1 aromatic rings. The number of hydrogen-bond acceptors (Lipinski definition) is 12. The molecule has 2 rings (SSSR count). The van der Waals surface area contributed by atoms with Gasteiger partial charge in [0.25, 0.3) is 0 Å². The maximum atomic E-state index is 15.5. The van der Waals surface area contributed by atoms with Gasteiger partial charge in [-0.25, -0.2) is 19.4 Å². The molecule has 0 unspecified atom stereocenters. The number of carbonyl (C=O) groups is 2. The number of rotatable bonds is 13. The van der Waals surface area contributed by atoms with E-state index in [-0.39, 0.29) is 5.82 Å². The summed E-state index contributed by atoms with van der Waals surface area (Å²) in [5, 5.41) is 18.6. The number of nitrogens with two attached hydrogens (primary N) is 1. The van der Waals surface area contributed by atoms with E-state index in [1.54, 1.807) is 27.7 Å². The number of aromatic nitrogens is 2. The fraction of sp³-hybridized carbons (Fsp3) is 0.714. The number of azide groups is 1. The first-order chi connectivity index (χ1) is 18.5. The van der Waals surface area contributed by atoms with Crippen LogP contribution >= 0.6 is 7.67 Å². The van der Waals surface area contributed by atoms with Crippen LogP contribution in [0.25, 0.3) is 10.4 Å². The van der Waals surface area contributed by atoms with Crippen molar-refractivity contribution >= 4 is 25.4 Å². The number of alkyl halides is 1. The third-order valence-electron chi connectivity index (χ3n) is 5.28. The molecule has 0 aromatic carbocycles. The van der Waals surface area contributed by atoms with Crippen LogP contribution in [0.3, 0.4) is 0 Å². The minimum atomic E-state index is -4.51. The molecule has 224 valence electrons. The summed E-state index contributed by atoms with van der Waals surface area (Å²) in [6, 6.07) is -1.35. The van der Waals surface area contributed by atoms with Crippen molar-refractivity contribution in [3.05, 3.63) is 33.2 Å². The second-order valence-corrected chi connectivity index (χ2v) is 11.4. The predicted molar refractivity (Wildman–Crippen MR) is 137 cm³/mol.